The SMILES string of the molecule is COCN(C)C(=O)c1ccc(B(O)O)cc1F. The Morgan fingerprint density at radius 2 is 2.18 bits per heavy atom. The standard InChI is InChI=1S/C10H13BFNO4/c1-13(6-17-2)10(14)8-4-3-7(11(15)16)5-9(8)12/h3-5,15-16H,6H2,1-2H3. The van der Waals surface area contributed by atoms with Crippen LogP contribution in [-0.4, -0.2) is 48.9 Å². The number of methoxy groups -OCH3 is 1. The van der Waals surface area contributed by atoms with Crippen molar-refractivity contribution in [3.05, 3.63) is 29.6 Å². The predicted molar refractivity (Wildman–Crippen MR) is 60.2 cm³/mol. The highest BCUT2D eigenvalue weighted by molar-refractivity contribution is 6.58. The summed E-state index contributed by atoms with van der Waals surface area (Å²) >= 11 is 0. The van der Waals surface area contributed by atoms with Crippen LogP contribution >= 0.6 is 0 Å². The molecule has 5 nitrogen and oxygen atoms in total. The molecule has 0 spiro atoms. The van der Waals surface area contributed by atoms with E-state index in [0.29, 0.717) is 0 Å². The molecule has 0 radical (unpaired) electrons. The van der Waals surface area contributed by atoms with Crippen LogP contribution in [0.5, 0.6) is 0 Å². The Morgan fingerprint density at radius 3 is 2.65 bits per heavy atom. The van der Waals surface area contributed by atoms with Gasteiger partial charge in [0.15, 0.2) is 0 Å². The molecule has 0 saturated heterocycles. The van der Waals surface area contributed by atoms with Gasteiger partial charge in [0.05, 0.1) is 5.56 Å². The monoisotopic (exact) mass is 241 g/mol. The second-order valence-corrected chi connectivity index (χ2v) is 3.53. The molecule has 1 rings (SSSR count). The Morgan fingerprint density at radius 1 is 1.53 bits per heavy atom. The first kappa shape index (κ1) is 13.6. The second-order valence-electron chi connectivity index (χ2n) is 3.53. The molecule has 1 aromatic rings. The Balaban J connectivity index is 2.96. The van der Waals surface area contributed by atoms with Crippen molar-refractivity contribution in [3.63, 3.8) is 0 Å². The van der Waals surface area contributed by atoms with Crippen LogP contribution in [0.1, 0.15) is 10.4 Å². The minimum absolute atomic E-state index is 0.00607. The van der Waals surface area contributed by atoms with Gasteiger partial charge in [-0.25, -0.2) is 4.39 Å². The van der Waals surface area contributed by atoms with Gasteiger partial charge in [0.1, 0.15) is 12.5 Å². The number of benzene rings is 1. The van der Waals surface area contributed by atoms with Gasteiger partial charge in [0, 0.05) is 14.2 Å². The van der Waals surface area contributed by atoms with Gasteiger partial charge < -0.3 is 19.7 Å². The smallest absolute Gasteiger partial charge is 0.423 e. The van der Waals surface area contributed by atoms with Crippen LogP contribution in [0.25, 0.3) is 0 Å². The minimum Gasteiger partial charge on any atom is -0.423 e. The topological polar surface area (TPSA) is 70.0 Å². The van der Waals surface area contributed by atoms with E-state index in [1.54, 1.807) is 0 Å². The zero-order chi connectivity index (χ0) is 13.0. The minimum atomic E-state index is -1.76. The van der Waals surface area contributed by atoms with Crippen molar-refractivity contribution in [2.75, 3.05) is 20.9 Å². The fourth-order valence-corrected chi connectivity index (χ4v) is 1.32. The third-order valence-corrected chi connectivity index (χ3v) is 2.19. The average molecular weight is 241 g/mol. The molecule has 0 aromatic heterocycles. The molecular weight excluding hydrogens is 228 g/mol. The van der Waals surface area contributed by atoms with Crippen molar-refractivity contribution in [2.24, 2.45) is 0 Å². The summed E-state index contributed by atoms with van der Waals surface area (Å²) in [5, 5.41) is 17.7. The molecule has 0 saturated carbocycles. The van der Waals surface area contributed by atoms with E-state index in [-0.39, 0.29) is 17.8 Å². The molecule has 7 heteroatoms. The molecule has 1 amide bonds. The number of nitrogens with zero attached hydrogens (tertiary/aromatic N) is 1. The van der Waals surface area contributed by atoms with Gasteiger partial charge in [-0.15, -0.1) is 0 Å². The van der Waals surface area contributed by atoms with E-state index in [1.165, 1.54) is 31.2 Å². The summed E-state index contributed by atoms with van der Waals surface area (Å²) in [6.07, 6.45) is 0. The number of halogens is 1. The first-order chi connectivity index (χ1) is 7.97. The molecule has 0 atom stereocenters. The zero-order valence-electron chi connectivity index (χ0n) is 9.55. The van der Waals surface area contributed by atoms with Crippen molar-refractivity contribution in [1.29, 1.82) is 0 Å². The lowest BCUT2D eigenvalue weighted by molar-refractivity contribution is 0.0503. The summed E-state index contributed by atoms with van der Waals surface area (Å²) in [4.78, 5) is 12.9. The van der Waals surface area contributed by atoms with Gasteiger partial charge in [-0.2, -0.15) is 0 Å². The van der Waals surface area contributed by atoms with Crippen LogP contribution in [0.3, 0.4) is 0 Å². The molecular formula is C10H13BFNO4. The highest BCUT2D eigenvalue weighted by atomic mass is 19.1. The maximum atomic E-state index is 13.6. The van der Waals surface area contributed by atoms with E-state index >= 15 is 0 Å². The fraction of sp³-hybridized carbons (Fsp3) is 0.300. The first-order valence-corrected chi connectivity index (χ1v) is 4.87. The summed E-state index contributed by atoms with van der Waals surface area (Å²) < 4.78 is 18.3. The lowest BCUT2D eigenvalue weighted by atomic mass is 9.80. The highest BCUT2D eigenvalue weighted by Crippen LogP contribution is 2.08. The van der Waals surface area contributed by atoms with Gasteiger partial charge in [-0.1, -0.05) is 6.07 Å². The first-order valence-electron chi connectivity index (χ1n) is 4.87. The Kier molecular flexibility index (Phi) is 4.62. The Labute approximate surface area is 98.6 Å². The van der Waals surface area contributed by atoms with Crippen LogP contribution in [0.4, 0.5) is 4.39 Å². The Bertz CT molecular complexity index is 413. The summed E-state index contributed by atoms with van der Waals surface area (Å²) in [6.45, 7) is 0.0443. The van der Waals surface area contributed by atoms with Crippen LogP contribution in [0.15, 0.2) is 18.2 Å². The lowest BCUT2D eigenvalue weighted by Gasteiger charge is -2.16. The van der Waals surface area contributed by atoms with Gasteiger partial charge in [-0.3, -0.25) is 4.79 Å². The highest BCUT2D eigenvalue weighted by Gasteiger charge is 2.19. The molecule has 0 aliphatic carbocycles. The van der Waals surface area contributed by atoms with E-state index < -0.39 is 18.8 Å². The second kappa shape index (κ2) is 5.76. The number of amides is 1. The number of hydrogen-bond donors (Lipinski definition) is 2. The van der Waals surface area contributed by atoms with E-state index in [2.05, 4.69) is 0 Å². The number of carbonyl (C=O) groups is 1. The molecule has 2 N–H and O–H groups in total. The molecule has 17 heavy (non-hydrogen) atoms. The molecule has 0 aliphatic heterocycles. The third-order valence-electron chi connectivity index (χ3n) is 2.19. The van der Waals surface area contributed by atoms with Crippen LogP contribution in [0, 0.1) is 5.82 Å². The summed E-state index contributed by atoms with van der Waals surface area (Å²) in [7, 11) is 1.14. The maximum Gasteiger partial charge on any atom is 0.488 e. The van der Waals surface area contributed by atoms with Gasteiger partial charge >= 0.3 is 7.12 Å². The van der Waals surface area contributed by atoms with E-state index in [1.807, 2.05) is 0 Å². The summed E-state index contributed by atoms with van der Waals surface area (Å²) in [5.74, 6) is -1.34. The van der Waals surface area contributed by atoms with E-state index in [4.69, 9.17) is 14.8 Å². The molecule has 92 valence electrons. The Hall–Kier alpha value is -1.44. The summed E-state index contributed by atoms with van der Waals surface area (Å²) in [5.41, 5.74) is -0.151. The van der Waals surface area contributed by atoms with Crippen molar-refractivity contribution in [2.45, 2.75) is 0 Å². The third kappa shape index (κ3) is 3.26. The number of rotatable bonds is 4. The van der Waals surface area contributed by atoms with Crippen LogP contribution in [0.2, 0.25) is 0 Å². The van der Waals surface area contributed by atoms with E-state index in [0.717, 1.165) is 6.07 Å². The maximum absolute atomic E-state index is 13.6. The van der Waals surface area contributed by atoms with Crippen molar-refractivity contribution in [1.82, 2.24) is 4.90 Å². The summed E-state index contributed by atoms with van der Waals surface area (Å²) in [6, 6.07) is 3.40. The van der Waals surface area contributed by atoms with Crippen LogP contribution in [-0.2, 0) is 4.74 Å². The molecule has 0 heterocycles. The van der Waals surface area contributed by atoms with Crippen molar-refractivity contribution >= 4 is 18.5 Å². The molecule has 0 bridgehead atoms. The van der Waals surface area contributed by atoms with Gasteiger partial charge in [0.25, 0.3) is 5.91 Å². The molecule has 0 fully saturated rings. The fourth-order valence-electron chi connectivity index (χ4n) is 1.32. The molecule has 0 aliphatic rings. The number of hydrogen-bond acceptors (Lipinski definition) is 4. The van der Waals surface area contributed by atoms with Gasteiger partial charge in [0.2, 0.25) is 0 Å². The lowest BCUT2D eigenvalue weighted by Crippen LogP contribution is -2.32. The van der Waals surface area contributed by atoms with E-state index in [9.17, 15) is 9.18 Å². The van der Waals surface area contributed by atoms with Gasteiger partial charge in [-0.05, 0) is 17.6 Å². The largest absolute Gasteiger partial charge is 0.488 e. The predicted octanol–water partition coefficient (Wildman–Crippen LogP) is -0.819. The number of carbonyl (C=O) groups excluding carboxylic acids is 1. The van der Waals surface area contributed by atoms with Crippen molar-refractivity contribution in [3.8, 4) is 0 Å². The average Bonchev–Trinajstić information content (AvgIpc) is 2.28. The molecule has 1 aromatic carbocycles. The van der Waals surface area contributed by atoms with Crippen LogP contribution < -0.4 is 5.46 Å². The zero-order valence-corrected chi connectivity index (χ0v) is 9.55. The number of ether oxygens (including phenoxy) is 1. The molecule has 0 unspecified atom stereocenters. The quantitative estimate of drug-likeness (QED) is 0.533. The normalized spacial score (nSPS) is 10.2. The van der Waals surface area contributed by atoms with Crippen molar-refractivity contribution < 1.29 is 24.0 Å².